The quantitative estimate of drug-likeness (QED) is 0.810. The number of ketones is 1. The zero-order valence-corrected chi connectivity index (χ0v) is 11.9. The standard InChI is InChI=1S/C14H16O5S/c1-2-12(14(16)17)20(18,19)11-7-5-10(6-8-11)13(15)9-3-4-9/h5-9,12H,2-4H2,1H3,(H,16,17). The summed E-state index contributed by atoms with van der Waals surface area (Å²) in [6, 6.07) is 5.55. The van der Waals surface area contributed by atoms with Crippen LogP contribution in [0.2, 0.25) is 0 Å². The van der Waals surface area contributed by atoms with Crippen molar-refractivity contribution in [2.75, 3.05) is 0 Å². The van der Waals surface area contributed by atoms with Crippen molar-refractivity contribution in [2.24, 2.45) is 5.92 Å². The van der Waals surface area contributed by atoms with E-state index in [0.717, 1.165) is 12.8 Å². The van der Waals surface area contributed by atoms with Crippen molar-refractivity contribution in [2.45, 2.75) is 36.3 Å². The third-order valence-electron chi connectivity index (χ3n) is 3.44. The molecule has 1 aromatic rings. The zero-order chi connectivity index (χ0) is 14.9. The van der Waals surface area contributed by atoms with Gasteiger partial charge < -0.3 is 5.11 Å². The highest BCUT2D eigenvalue weighted by atomic mass is 32.2. The molecule has 0 aliphatic heterocycles. The fourth-order valence-electron chi connectivity index (χ4n) is 2.08. The maximum absolute atomic E-state index is 12.2. The molecule has 0 radical (unpaired) electrons. The van der Waals surface area contributed by atoms with Crippen molar-refractivity contribution >= 4 is 21.6 Å². The number of carbonyl (C=O) groups excluding carboxylic acids is 1. The smallest absolute Gasteiger partial charge is 0.322 e. The number of hydrogen-bond donors (Lipinski definition) is 1. The highest BCUT2D eigenvalue weighted by Gasteiger charge is 2.33. The van der Waals surface area contributed by atoms with Crippen molar-refractivity contribution in [3.63, 3.8) is 0 Å². The summed E-state index contributed by atoms with van der Waals surface area (Å²) in [5, 5.41) is 7.51. The third kappa shape index (κ3) is 2.75. The molecule has 1 saturated carbocycles. The average molecular weight is 296 g/mol. The summed E-state index contributed by atoms with van der Waals surface area (Å²) in [6.45, 7) is 1.52. The van der Waals surface area contributed by atoms with E-state index in [4.69, 9.17) is 5.11 Å². The Hall–Kier alpha value is -1.69. The summed E-state index contributed by atoms with van der Waals surface area (Å²) in [4.78, 5) is 22.8. The van der Waals surface area contributed by atoms with Crippen molar-refractivity contribution in [3.05, 3.63) is 29.8 Å². The molecule has 1 atom stereocenters. The summed E-state index contributed by atoms with van der Waals surface area (Å²) < 4.78 is 24.3. The van der Waals surface area contributed by atoms with Crippen LogP contribution in [0.5, 0.6) is 0 Å². The van der Waals surface area contributed by atoms with Gasteiger partial charge in [-0.2, -0.15) is 0 Å². The predicted molar refractivity (Wildman–Crippen MR) is 72.4 cm³/mol. The molecule has 0 bridgehead atoms. The van der Waals surface area contributed by atoms with E-state index in [9.17, 15) is 18.0 Å². The van der Waals surface area contributed by atoms with Gasteiger partial charge in [-0.25, -0.2) is 8.42 Å². The Labute approximate surface area is 117 Å². The van der Waals surface area contributed by atoms with E-state index in [1.54, 1.807) is 0 Å². The zero-order valence-electron chi connectivity index (χ0n) is 11.1. The lowest BCUT2D eigenvalue weighted by Crippen LogP contribution is -2.29. The average Bonchev–Trinajstić information content (AvgIpc) is 3.22. The number of carboxylic acid groups (broad SMARTS) is 1. The molecule has 20 heavy (non-hydrogen) atoms. The van der Waals surface area contributed by atoms with Crippen LogP contribution < -0.4 is 0 Å². The fraction of sp³-hybridized carbons (Fsp3) is 0.429. The first-order valence-electron chi connectivity index (χ1n) is 6.49. The minimum atomic E-state index is -3.91. The van der Waals surface area contributed by atoms with Crippen LogP contribution in [0.1, 0.15) is 36.5 Å². The Morgan fingerprint density at radius 2 is 1.80 bits per heavy atom. The molecule has 1 aliphatic rings. The lowest BCUT2D eigenvalue weighted by Gasteiger charge is -2.11. The summed E-state index contributed by atoms with van der Waals surface area (Å²) in [5.74, 6) is -1.26. The Balaban J connectivity index is 2.28. The number of carboxylic acids is 1. The van der Waals surface area contributed by atoms with Crippen LogP contribution in [0.3, 0.4) is 0 Å². The van der Waals surface area contributed by atoms with E-state index < -0.39 is 21.1 Å². The molecule has 0 aromatic heterocycles. The Morgan fingerprint density at radius 3 is 2.20 bits per heavy atom. The highest BCUT2D eigenvalue weighted by Crippen LogP contribution is 2.32. The van der Waals surface area contributed by atoms with Gasteiger partial charge in [0.2, 0.25) is 0 Å². The number of sulfone groups is 1. The highest BCUT2D eigenvalue weighted by molar-refractivity contribution is 7.92. The van der Waals surface area contributed by atoms with Crippen LogP contribution in [0.4, 0.5) is 0 Å². The molecule has 1 aromatic carbocycles. The SMILES string of the molecule is CCC(C(=O)O)S(=O)(=O)c1ccc(C(=O)C2CC2)cc1. The van der Waals surface area contributed by atoms with E-state index in [1.165, 1.54) is 31.2 Å². The van der Waals surface area contributed by atoms with E-state index in [2.05, 4.69) is 0 Å². The second-order valence-corrected chi connectivity index (χ2v) is 7.07. The van der Waals surface area contributed by atoms with Gasteiger partial charge in [0, 0.05) is 11.5 Å². The number of benzene rings is 1. The lowest BCUT2D eigenvalue weighted by molar-refractivity contribution is -0.136. The Morgan fingerprint density at radius 1 is 1.25 bits per heavy atom. The van der Waals surface area contributed by atoms with Gasteiger partial charge in [-0.3, -0.25) is 9.59 Å². The minimum absolute atomic E-state index is 0.000419. The van der Waals surface area contributed by atoms with Crippen molar-refractivity contribution in [3.8, 4) is 0 Å². The number of rotatable bonds is 6. The van der Waals surface area contributed by atoms with Crippen LogP contribution in [0, 0.1) is 5.92 Å². The summed E-state index contributed by atoms with van der Waals surface area (Å²) in [7, 11) is -3.91. The molecule has 1 fully saturated rings. The number of aliphatic carboxylic acids is 1. The molecule has 0 amide bonds. The third-order valence-corrected chi connectivity index (χ3v) is 5.65. The molecule has 5 nitrogen and oxygen atoms in total. The Bertz CT molecular complexity index is 626. The van der Waals surface area contributed by atoms with Crippen molar-refractivity contribution < 1.29 is 23.1 Å². The minimum Gasteiger partial charge on any atom is -0.480 e. The van der Waals surface area contributed by atoms with Gasteiger partial charge in [0.15, 0.2) is 20.9 Å². The molecule has 1 N–H and O–H groups in total. The summed E-state index contributed by atoms with van der Waals surface area (Å²) in [6.07, 6.45) is 1.77. The summed E-state index contributed by atoms with van der Waals surface area (Å²) >= 11 is 0. The van der Waals surface area contributed by atoms with Gasteiger partial charge in [-0.1, -0.05) is 19.1 Å². The van der Waals surface area contributed by atoms with Crippen LogP contribution in [0.15, 0.2) is 29.2 Å². The van der Waals surface area contributed by atoms with E-state index >= 15 is 0 Å². The number of carbonyl (C=O) groups is 2. The molecular weight excluding hydrogens is 280 g/mol. The first-order valence-corrected chi connectivity index (χ1v) is 8.03. The van der Waals surface area contributed by atoms with Gasteiger partial charge in [-0.05, 0) is 31.4 Å². The first kappa shape index (κ1) is 14.7. The number of hydrogen-bond acceptors (Lipinski definition) is 4. The maximum atomic E-state index is 12.2. The van der Waals surface area contributed by atoms with E-state index in [1.807, 2.05) is 0 Å². The topological polar surface area (TPSA) is 88.5 Å². The fourth-order valence-corrected chi connectivity index (χ4v) is 3.63. The normalized spacial score (nSPS) is 16.6. The molecule has 2 rings (SSSR count). The van der Waals surface area contributed by atoms with Crippen molar-refractivity contribution in [1.29, 1.82) is 0 Å². The van der Waals surface area contributed by atoms with Gasteiger partial charge in [-0.15, -0.1) is 0 Å². The van der Waals surface area contributed by atoms with Crippen LogP contribution in [0.25, 0.3) is 0 Å². The second kappa shape index (κ2) is 5.36. The molecule has 1 unspecified atom stereocenters. The van der Waals surface area contributed by atoms with Crippen LogP contribution >= 0.6 is 0 Å². The molecule has 108 valence electrons. The van der Waals surface area contributed by atoms with Gasteiger partial charge in [0.1, 0.15) is 0 Å². The number of Topliss-reactive ketones (excluding diaryl/α,β-unsaturated/α-hetero) is 1. The second-order valence-electron chi connectivity index (χ2n) is 4.94. The molecule has 0 saturated heterocycles. The molecule has 6 heteroatoms. The monoisotopic (exact) mass is 296 g/mol. The molecular formula is C14H16O5S. The first-order chi connectivity index (χ1) is 9.37. The van der Waals surface area contributed by atoms with E-state index in [0.29, 0.717) is 5.56 Å². The molecule has 0 spiro atoms. The predicted octanol–water partition coefficient (Wildman–Crippen LogP) is 1.92. The Kier molecular flexibility index (Phi) is 3.94. The lowest BCUT2D eigenvalue weighted by atomic mass is 10.1. The summed E-state index contributed by atoms with van der Waals surface area (Å²) in [5.41, 5.74) is 0.481. The van der Waals surface area contributed by atoms with Crippen LogP contribution in [-0.2, 0) is 14.6 Å². The maximum Gasteiger partial charge on any atom is 0.322 e. The van der Waals surface area contributed by atoms with Crippen molar-refractivity contribution in [1.82, 2.24) is 0 Å². The molecule has 1 aliphatic carbocycles. The van der Waals surface area contributed by atoms with Gasteiger partial charge in [0.05, 0.1) is 4.90 Å². The van der Waals surface area contributed by atoms with Gasteiger partial charge >= 0.3 is 5.97 Å². The van der Waals surface area contributed by atoms with E-state index in [-0.39, 0.29) is 23.0 Å². The molecule has 0 heterocycles. The van der Waals surface area contributed by atoms with Crippen LogP contribution in [-0.4, -0.2) is 30.5 Å². The van der Waals surface area contributed by atoms with Gasteiger partial charge in [0.25, 0.3) is 0 Å². The largest absolute Gasteiger partial charge is 0.480 e.